The Morgan fingerprint density at radius 2 is 2.05 bits per heavy atom. The largest absolute Gasteiger partial charge is 0.481 e. The first-order chi connectivity index (χ1) is 9.53. The maximum atomic E-state index is 11.8. The van der Waals surface area contributed by atoms with E-state index >= 15 is 0 Å². The van der Waals surface area contributed by atoms with Crippen LogP contribution in [0.2, 0.25) is 0 Å². The number of carbonyl (C=O) groups excluding carboxylic acids is 2. The summed E-state index contributed by atoms with van der Waals surface area (Å²) in [5, 5.41) is 11.8. The second kappa shape index (κ2) is 4.33. The molecule has 1 heterocycles. The van der Waals surface area contributed by atoms with E-state index in [1.165, 1.54) is 4.90 Å². The molecule has 0 unspecified atom stereocenters. The van der Waals surface area contributed by atoms with E-state index in [1.54, 1.807) is 24.3 Å². The summed E-state index contributed by atoms with van der Waals surface area (Å²) in [4.78, 5) is 36.0. The third kappa shape index (κ3) is 1.93. The van der Waals surface area contributed by atoms with Gasteiger partial charge < -0.3 is 15.3 Å². The Bertz CT molecular complexity index is 607. The van der Waals surface area contributed by atoms with Gasteiger partial charge in [-0.05, 0) is 30.5 Å². The van der Waals surface area contributed by atoms with Crippen molar-refractivity contribution < 1.29 is 19.5 Å². The van der Waals surface area contributed by atoms with Crippen molar-refractivity contribution in [2.24, 2.45) is 0 Å². The van der Waals surface area contributed by atoms with E-state index in [4.69, 9.17) is 0 Å². The Morgan fingerprint density at radius 3 is 2.70 bits per heavy atom. The molecule has 2 aliphatic rings. The van der Waals surface area contributed by atoms with Gasteiger partial charge in [0.2, 0.25) is 11.8 Å². The van der Waals surface area contributed by atoms with E-state index in [0.29, 0.717) is 24.1 Å². The van der Waals surface area contributed by atoms with E-state index in [1.807, 2.05) is 0 Å². The zero-order valence-corrected chi connectivity index (χ0v) is 10.8. The average molecular weight is 274 g/mol. The van der Waals surface area contributed by atoms with Crippen molar-refractivity contribution in [1.82, 2.24) is 5.32 Å². The lowest BCUT2D eigenvalue weighted by molar-refractivity contribution is -0.140. The van der Waals surface area contributed by atoms with Crippen molar-refractivity contribution in [2.45, 2.75) is 18.3 Å². The molecule has 2 fully saturated rings. The number of anilines is 1. The smallest absolute Gasteiger partial charge is 0.314 e. The minimum Gasteiger partial charge on any atom is -0.481 e. The van der Waals surface area contributed by atoms with Crippen LogP contribution in [0.5, 0.6) is 0 Å². The van der Waals surface area contributed by atoms with Gasteiger partial charge in [-0.1, -0.05) is 12.1 Å². The minimum absolute atomic E-state index is 0.0207. The monoisotopic (exact) mass is 274 g/mol. The molecule has 20 heavy (non-hydrogen) atoms. The third-order valence-corrected chi connectivity index (χ3v) is 3.91. The second-order valence-corrected chi connectivity index (χ2v) is 5.19. The van der Waals surface area contributed by atoms with Crippen LogP contribution in [0.1, 0.15) is 18.4 Å². The third-order valence-electron chi connectivity index (χ3n) is 3.91. The molecule has 2 N–H and O–H groups in total. The zero-order chi connectivity index (χ0) is 14.3. The second-order valence-electron chi connectivity index (χ2n) is 5.19. The molecule has 104 valence electrons. The van der Waals surface area contributed by atoms with Crippen molar-refractivity contribution >= 4 is 23.5 Å². The number of aliphatic carboxylic acids is 1. The lowest BCUT2D eigenvalue weighted by atomic mass is 9.95. The van der Waals surface area contributed by atoms with Gasteiger partial charge in [-0.3, -0.25) is 14.4 Å². The number of nitrogens with one attached hydrogen (secondary N) is 1. The van der Waals surface area contributed by atoms with Crippen LogP contribution in [0.25, 0.3) is 0 Å². The van der Waals surface area contributed by atoms with Crippen molar-refractivity contribution in [2.75, 3.05) is 18.0 Å². The number of piperazine rings is 1. The van der Waals surface area contributed by atoms with E-state index in [-0.39, 0.29) is 24.9 Å². The number of carboxylic acids is 1. The number of carboxylic acid groups (broad SMARTS) is 1. The first-order valence-electron chi connectivity index (χ1n) is 6.44. The van der Waals surface area contributed by atoms with Gasteiger partial charge in [-0.2, -0.15) is 0 Å². The molecule has 0 radical (unpaired) electrons. The van der Waals surface area contributed by atoms with Gasteiger partial charge in [0, 0.05) is 5.69 Å². The van der Waals surface area contributed by atoms with E-state index in [9.17, 15) is 19.5 Å². The maximum absolute atomic E-state index is 11.8. The highest BCUT2D eigenvalue weighted by Crippen LogP contribution is 2.49. The minimum atomic E-state index is -0.836. The summed E-state index contributed by atoms with van der Waals surface area (Å²) in [5.74, 6) is -1.24. The number of amides is 2. The number of benzene rings is 1. The highest BCUT2D eigenvalue weighted by Gasteiger charge is 2.51. The maximum Gasteiger partial charge on any atom is 0.314 e. The highest BCUT2D eigenvalue weighted by atomic mass is 16.4. The van der Waals surface area contributed by atoms with Crippen molar-refractivity contribution in [3.05, 3.63) is 29.8 Å². The Kier molecular flexibility index (Phi) is 2.74. The molecule has 2 amide bonds. The summed E-state index contributed by atoms with van der Waals surface area (Å²) >= 11 is 0. The molecular weight excluding hydrogens is 260 g/mol. The molecule has 6 heteroatoms. The number of hydrogen-bond donors (Lipinski definition) is 2. The molecule has 1 aliphatic carbocycles. The van der Waals surface area contributed by atoms with Crippen LogP contribution in [0, 0.1) is 0 Å². The van der Waals surface area contributed by atoms with Crippen molar-refractivity contribution in [3.8, 4) is 0 Å². The van der Waals surface area contributed by atoms with Gasteiger partial charge in [0.05, 0.1) is 12.0 Å². The molecule has 0 aromatic heterocycles. The van der Waals surface area contributed by atoms with Crippen LogP contribution in [-0.2, 0) is 19.8 Å². The SMILES string of the molecule is O=C1CN(c2cccc(C3(C(=O)O)CC3)c2)C(=O)CN1. The number of rotatable bonds is 3. The van der Waals surface area contributed by atoms with Gasteiger partial charge in [0.25, 0.3) is 0 Å². The molecule has 1 aliphatic heterocycles. The number of carbonyl (C=O) groups is 3. The first-order valence-corrected chi connectivity index (χ1v) is 6.44. The fourth-order valence-electron chi connectivity index (χ4n) is 2.52. The van der Waals surface area contributed by atoms with Crippen LogP contribution in [-0.4, -0.2) is 36.0 Å². The Labute approximate surface area is 115 Å². The molecule has 1 aromatic carbocycles. The molecular formula is C14H14N2O4. The molecule has 1 aromatic rings. The Morgan fingerprint density at radius 1 is 1.30 bits per heavy atom. The molecule has 1 saturated carbocycles. The van der Waals surface area contributed by atoms with Crippen LogP contribution in [0.3, 0.4) is 0 Å². The van der Waals surface area contributed by atoms with Gasteiger partial charge >= 0.3 is 5.97 Å². The van der Waals surface area contributed by atoms with Gasteiger partial charge in [0.15, 0.2) is 0 Å². The molecule has 0 spiro atoms. The quantitative estimate of drug-likeness (QED) is 0.828. The number of nitrogens with zero attached hydrogens (tertiary/aromatic N) is 1. The summed E-state index contributed by atoms with van der Waals surface area (Å²) < 4.78 is 0. The molecule has 1 saturated heterocycles. The summed E-state index contributed by atoms with van der Waals surface area (Å²) in [6.45, 7) is -0.0461. The summed E-state index contributed by atoms with van der Waals surface area (Å²) in [5.41, 5.74) is 0.466. The van der Waals surface area contributed by atoms with E-state index in [2.05, 4.69) is 5.32 Å². The van der Waals surface area contributed by atoms with Gasteiger partial charge in [-0.25, -0.2) is 0 Å². The summed E-state index contributed by atoms with van der Waals surface area (Å²) in [6, 6.07) is 6.92. The van der Waals surface area contributed by atoms with Crippen LogP contribution >= 0.6 is 0 Å². The van der Waals surface area contributed by atoms with E-state index in [0.717, 1.165) is 0 Å². The fraction of sp³-hybridized carbons (Fsp3) is 0.357. The lowest BCUT2D eigenvalue weighted by Gasteiger charge is -2.27. The average Bonchev–Trinajstić information content (AvgIpc) is 3.23. The highest BCUT2D eigenvalue weighted by molar-refractivity contribution is 6.04. The molecule has 6 nitrogen and oxygen atoms in total. The topological polar surface area (TPSA) is 86.7 Å². The number of hydrogen-bond acceptors (Lipinski definition) is 3. The fourth-order valence-corrected chi connectivity index (χ4v) is 2.52. The van der Waals surface area contributed by atoms with Crippen LogP contribution < -0.4 is 10.2 Å². The summed E-state index contributed by atoms with van der Waals surface area (Å²) in [7, 11) is 0. The molecule has 0 bridgehead atoms. The first kappa shape index (κ1) is 12.7. The Balaban J connectivity index is 1.93. The normalized spacial score (nSPS) is 20.5. The standard InChI is InChI=1S/C14H14N2O4/c17-11-8-16(12(18)7-15-11)10-3-1-2-9(6-10)14(4-5-14)13(19)20/h1-3,6H,4-5,7-8H2,(H,15,17)(H,19,20). The van der Waals surface area contributed by atoms with Crippen molar-refractivity contribution in [1.29, 1.82) is 0 Å². The van der Waals surface area contributed by atoms with Crippen LogP contribution in [0.4, 0.5) is 5.69 Å². The van der Waals surface area contributed by atoms with Gasteiger partial charge in [-0.15, -0.1) is 0 Å². The van der Waals surface area contributed by atoms with Gasteiger partial charge in [0.1, 0.15) is 6.54 Å². The molecule has 0 atom stereocenters. The predicted molar refractivity (Wildman–Crippen MR) is 70.4 cm³/mol. The zero-order valence-electron chi connectivity index (χ0n) is 10.8. The van der Waals surface area contributed by atoms with Crippen LogP contribution in [0.15, 0.2) is 24.3 Å². The van der Waals surface area contributed by atoms with Crippen molar-refractivity contribution in [3.63, 3.8) is 0 Å². The molecule has 3 rings (SSSR count). The predicted octanol–water partition coefficient (Wildman–Crippen LogP) is 0.266. The summed E-state index contributed by atoms with van der Waals surface area (Å²) in [6.07, 6.45) is 1.22. The Hall–Kier alpha value is -2.37. The lowest BCUT2D eigenvalue weighted by Crippen LogP contribution is -2.51. The van der Waals surface area contributed by atoms with E-state index < -0.39 is 11.4 Å².